The van der Waals surface area contributed by atoms with Crippen molar-refractivity contribution >= 4 is 5.91 Å². The van der Waals surface area contributed by atoms with E-state index in [9.17, 15) is 4.79 Å². The van der Waals surface area contributed by atoms with E-state index in [1.807, 2.05) is 24.3 Å². The van der Waals surface area contributed by atoms with E-state index in [1.165, 1.54) is 10.5 Å². The van der Waals surface area contributed by atoms with Crippen LogP contribution in [0.1, 0.15) is 18.4 Å². The average Bonchev–Trinajstić information content (AvgIpc) is 2.39. The fraction of sp³-hybridized carbons (Fsp3) is 0.533. The number of ether oxygens (including phenoxy) is 2. The van der Waals surface area contributed by atoms with E-state index in [0.29, 0.717) is 13.2 Å². The van der Waals surface area contributed by atoms with Gasteiger partial charge in [0.15, 0.2) is 0 Å². The van der Waals surface area contributed by atoms with Gasteiger partial charge in [-0.1, -0.05) is 17.7 Å². The number of aryl methyl sites for hydroxylation is 1. The standard InChI is InChI=1S/C15H23NO3/c1-13-6-8-14(9-7-13)19-11-5-4-10-18-12-15(17)16(2)3/h6-9H,4-5,10-12H2,1-3H3. The Balaban J connectivity index is 2.00. The minimum Gasteiger partial charge on any atom is -0.494 e. The molecular weight excluding hydrogens is 242 g/mol. The molecule has 0 aliphatic heterocycles. The Morgan fingerprint density at radius 2 is 1.74 bits per heavy atom. The summed E-state index contributed by atoms with van der Waals surface area (Å²) in [7, 11) is 3.45. The molecule has 106 valence electrons. The first-order valence-electron chi connectivity index (χ1n) is 6.57. The summed E-state index contributed by atoms with van der Waals surface area (Å²) >= 11 is 0. The van der Waals surface area contributed by atoms with Crippen LogP contribution in [0.3, 0.4) is 0 Å². The van der Waals surface area contributed by atoms with Gasteiger partial charge in [0.25, 0.3) is 0 Å². The molecule has 19 heavy (non-hydrogen) atoms. The number of unbranched alkanes of at least 4 members (excludes halogenated alkanes) is 1. The summed E-state index contributed by atoms with van der Waals surface area (Å²) in [6, 6.07) is 8.01. The molecule has 0 bridgehead atoms. The normalized spacial score (nSPS) is 10.3. The third kappa shape index (κ3) is 6.82. The van der Waals surface area contributed by atoms with Gasteiger partial charge in [0, 0.05) is 20.7 Å². The molecule has 0 atom stereocenters. The van der Waals surface area contributed by atoms with Crippen LogP contribution < -0.4 is 4.74 Å². The molecule has 4 heteroatoms. The third-order valence-corrected chi connectivity index (χ3v) is 2.70. The molecule has 0 aromatic heterocycles. The zero-order valence-electron chi connectivity index (χ0n) is 12.0. The maximum atomic E-state index is 11.2. The number of hydrogen-bond acceptors (Lipinski definition) is 3. The van der Waals surface area contributed by atoms with E-state index in [2.05, 4.69) is 6.92 Å². The predicted molar refractivity (Wildman–Crippen MR) is 75.4 cm³/mol. The van der Waals surface area contributed by atoms with Crippen molar-refractivity contribution in [2.45, 2.75) is 19.8 Å². The zero-order chi connectivity index (χ0) is 14.1. The Morgan fingerprint density at radius 1 is 1.11 bits per heavy atom. The molecule has 0 unspecified atom stereocenters. The lowest BCUT2D eigenvalue weighted by atomic mass is 10.2. The monoisotopic (exact) mass is 265 g/mol. The molecule has 0 saturated carbocycles. The second kappa shape index (κ2) is 8.53. The SMILES string of the molecule is Cc1ccc(OCCCCOCC(=O)N(C)C)cc1. The van der Waals surface area contributed by atoms with Crippen molar-refractivity contribution in [2.24, 2.45) is 0 Å². The van der Waals surface area contributed by atoms with E-state index in [-0.39, 0.29) is 12.5 Å². The maximum Gasteiger partial charge on any atom is 0.248 e. The Labute approximate surface area is 115 Å². The summed E-state index contributed by atoms with van der Waals surface area (Å²) in [4.78, 5) is 12.7. The van der Waals surface area contributed by atoms with Crippen LogP contribution >= 0.6 is 0 Å². The van der Waals surface area contributed by atoms with Gasteiger partial charge < -0.3 is 14.4 Å². The lowest BCUT2D eigenvalue weighted by Gasteiger charge is -2.10. The largest absolute Gasteiger partial charge is 0.494 e. The van der Waals surface area contributed by atoms with E-state index >= 15 is 0 Å². The van der Waals surface area contributed by atoms with Gasteiger partial charge in [-0.05, 0) is 31.9 Å². The van der Waals surface area contributed by atoms with Gasteiger partial charge in [0.1, 0.15) is 12.4 Å². The Bertz CT molecular complexity index is 373. The van der Waals surface area contributed by atoms with Crippen LogP contribution in [-0.4, -0.2) is 44.7 Å². The number of nitrogens with zero attached hydrogens (tertiary/aromatic N) is 1. The number of carbonyl (C=O) groups excluding carboxylic acids is 1. The van der Waals surface area contributed by atoms with Crippen LogP contribution in [0, 0.1) is 6.92 Å². The van der Waals surface area contributed by atoms with Gasteiger partial charge in [-0.15, -0.1) is 0 Å². The van der Waals surface area contributed by atoms with Crippen LogP contribution in [0.4, 0.5) is 0 Å². The van der Waals surface area contributed by atoms with Crippen LogP contribution in [0.2, 0.25) is 0 Å². The molecule has 0 radical (unpaired) electrons. The highest BCUT2D eigenvalue weighted by molar-refractivity contribution is 5.76. The summed E-state index contributed by atoms with van der Waals surface area (Å²) in [5, 5.41) is 0. The smallest absolute Gasteiger partial charge is 0.248 e. The number of benzene rings is 1. The highest BCUT2D eigenvalue weighted by Gasteiger charge is 2.02. The molecule has 0 N–H and O–H groups in total. The lowest BCUT2D eigenvalue weighted by Crippen LogP contribution is -2.26. The molecule has 1 rings (SSSR count). The highest BCUT2D eigenvalue weighted by Crippen LogP contribution is 2.11. The highest BCUT2D eigenvalue weighted by atomic mass is 16.5. The molecule has 0 fully saturated rings. The van der Waals surface area contributed by atoms with Crippen LogP contribution in [0.5, 0.6) is 5.75 Å². The minimum atomic E-state index is -0.00379. The third-order valence-electron chi connectivity index (χ3n) is 2.70. The van der Waals surface area contributed by atoms with E-state index < -0.39 is 0 Å². The van der Waals surface area contributed by atoms with Crippen molar-refractivity contribution in [3.63, 3.8) is 0 Å². The summed E-state index contributed by atoms with van der Waals surface area (Å²) in [6.45, 7) is 3.48. The summed E-state index contributed by atoms with van der Waals surface area (Å²) in [5.41, 5.74) is 1.23. The first-order valence-corrected chi connectivity index (χ1v) is 6.57. The molecule has 0 aliphatic rings. The fourth-order valence-corrected chi connectivity index (χ4v) is 1.42. The van der Waals surface area contributed by atoms with Gasteiger partial charge in [-0.3, -0.25) is 4.79 Å². The second-order valence-corrected chi connectivity index (χ2v) is 4.71. The number of likely N-dealkylation sites (N-methyl/N-ethyl adjacent to an activating group) is 1. The molecule has 0 spiro atoms. The Morgan fingerprint density at radius 3 is 2.37 bits per heavy atom. The first-order chi connectivity index (χ1) is 9.09. The topological polar surface area (TPSA) is 38.8 Å². The van der Waals surface area contributed by atoms with Crippen molar-refractivity contribution < 1.29 is 14.3 Å². The average molecular weight is 265 g/mol. The quantitative estimate of drug-likeness (QED) is 0.677. The number of rotatable bonds is 8. The van der Waals surface area contributed by atoms with E-state index in [0.717, 1.165) is 18.6 Å². The van der Waals surface area contributed by atoms with Crippen LogP contribution in [0.25, 0.3) is 0 Å². The van der Waals surface area contributed by atoms with Crippen molar-refractivity contribution in [3.05, 3.63) is 29.8 Å². The number of amides is 1. The predicted octanol–water partition coefficient (Wildman–Crippen LogP) is 2.26. The number of carbonyl (C=O) groups is 1. The Kier molecular flexibility index (Phi) is 6.97. The van der Waals surface area contributed by atoms with Crippen LogP contribution in [-0.2, 0) is 9.53 Å². The van der Waals surface area contributed by atoms with Gasteiger partial charge in [0.05, 0.1) is 6.61 Å². The minimum absolute atomic E-state index is 0.00379. The molecule has 1 amide bonds. The van der Waals surface area contributed by atoms with Gasteiger partial charge in [0.2, 0.25) is 5.91 Å². The summed E-state index contributed by atoms with van der Waals surface area (Å²) in [6.07, 6.45) is 1.82. The summed E-state index contributed by atoms with van der Waals surface area (Å²) < 4.78 is 10.9. The van der Waals surface area contributed by atoms with Crippen molar-refractivity contribution in [3.8, 4) is 5.75 Å². The second-order valence-electron chi connectivity index (χ2n) is 4.71. The number of hydrogen-bond donors (Lipinski definition) is 0. The van der Waals surface area contributed by atoms with Crippen LogP contribution in [0.15, 0.2) is 24.3 Å². The fourth-order valence-electron chi connectivity index (χ4n) is 1.42. The molecule has 1 aromatic rings. The van der Waals surface area contributed by atoms with Gasteiger partial charge in [-0.2, -0.15) is 0 Å². The molecule has 1 aromatic carbocycles. The summed E-state index contributed by atoms with van der Waals surface area (Å²) in [5.74, 6) is 0.894. The zero-order valence-corrected chi connectivity index (χ0v) is 12.0. The molecular formula is C15H23NO3. The molecule has 0 aliphatic carbocycles. The van der Waals surface area contributed by atoms with Gasteiger partial charge >= 0.3 is 0 Å². The first kappa shape index (κ1) is 15.5. The van der Waals surface area contributed by atoms with Crippen molar-refractivity contribution in [1.82, 2.24) is 4.90 Å². The lowest BCUT2D eigenvalue weighted by molar-refractivity contribution is -0.133. The van der Waals surface area contributed by atoms with E-state index in [4.69, 9.17) is 9.47 Å². The van der Waals surface area contributed by atoms with Crippen molar-refractivity contribution in [1.29, 1.82) is 0 Å². The Hall–Kier alpha value is -1.55. The molecule has 4 nitrogen and oxygen atoms in total. The molecule has 0 heterocycles. The maximum absolute atomic E-state index is 11.2. The van der Waals surface area contributed by atoms with Crippen molar-refractivity contribution in [2.75, 3.05) is 33.9 Å². The van der Waals surface area contributed by atoms with E-state index in [1.54, 1.807) is 14.1 Å². The van der Waals surface area contributed by atoms with Gasteiger partial charge in [-0.25, -0.2) is 0 Å². The molecule has 0 saturated heterocycles.